The number of carbonyl (C=O) groups excluding carboxylic acids is 1. The molecule has 168 valence electrons. The van der Waals surface area contributed by atoms with Gasteiger partial charge in [-0.3, -0.25) is 9.10 Å². The highest BCUT2D eigenvalue weighted by atomic mass is 32.2. The molecule has 0 fully saturated rings. The van der Waals surface area contributed by atoms with Gasteiger partial charge in [0.25, 0.3) is 5.91 Å². The van der Waals surface area contributed by atoms with Crippen molar-refractivity contribution in [2.45, 2.75) is 13.8 Å². The van der Waals surface area contributed by atoms with Gasteiger partial charge >= 0.3 is 0 Å². The Hall–Kier alpha value is -3.71. The number of rotatable bonds is 6. The van der Waals surface area contributed by atoms with Gasteiger partial charge in [-0.25, -0.2) is 13.8 Å². The number of hydrogen-bond acceptors (Lipinski definition) is 4. The quantitative estimate of drug-likeness (QED) is 0.261. The Morgan fingerprint density at radius 3 is 2.15 bits per heavy atom. The Labute approximate surface area is 193 Å². The van der Waals surface area contributed by atoms with Gasteiger partial charge in [0.15, 0.2) is 0 Å². The molecule has 0 heterocycles. The van der Waals surface area contributed by atoms with E-state index in [9.17, 15) is 13.2 Å². The zero-order valence-corrected chi connectivity index (χ0v) is 19.6. The van der Waals surface area contributed by atoms with E-state index in [2.05, 4.69) is 16.6 Å². The maximum atomic E-state index is 12.7. The van der Waals surface area contributed by atoms with Crippen LogP contribution < -0.4 is 9.73 Å². The fourth-order valence-corrected chi connectivity index (χ4v) is 4.82. The Balaban J connectivity index is 1.61. The number of hydrogen-bond donors (Lipinski definition) is 1. The first-order chi connectivity index (χ1) is 15.8. The van der Waals surface area contributed by atoms with Crippen LogP contribution in [0, 0.1) is 13.8 Å². The summed E-state index contributed by atoms with van der Waals surface area (Å²) in [5, 5.41) is 8.34. The minimum absolute atomic E-state index is 0.364. The highest BCUT2D eigenvalue weighted by Crippen LogP contribution is 2.27. The van der Waals surface area contributed by atoms with E-state index in [1.807, 2.05) is 68.4 Å². The topological polar surface area (TPSA) is 78.8 Å². The molecule has 4 aromatic rings. The van der Waals surface area contributed by atoms with Crippen LogP contribution in [0.4, 0.5) is 5.69 Å². The summed E-state index contributed by atoms with van der Waals surface area (Å²) in [6.07, 6.45) is 2.71. The highest BCUT2D eigenvalue weighted by Gasteiger charge is 2.22. The van der Waals surface area contributed by atoms with Crippen LogP contribution >= 0.6 is 0 Å². The molecule has 4 aromatic carbocycles. The molecule has 7 heteroatoms. The number of fused-ring (bicyclic) bond motifs is 2. The second kappa shape index (κ2) is 9.03. The zero-order valence-electron chi connectivity index (χ0n) is 18.7. The molecule has 0 radical (unpaired) electrons. The monoisotopic (exact) mass is 459 g/mol. The van der Waals surface area contributed by atoms with Gasteiger partial charge in [-0.1, -0.05) is 60.7 Å². The predicted molar refractivity (Wildman–Crippen MR) is 135 cm³/mol. The van der Waals surface area contributed by atoms with Gasteiger partial charge in [0, 0.05) is 5.56 Å². The number of carbonyl (C=O) groups is 1. The summed E-state index contributed by atoms with van der Waals surface area (Å²) in [6.45, 7) is 3.37. The lowest BCUT2D eigenvalue weighted by atomic mass is 9.97. The number of benzene rings is 4. The molecule has 33 heavy (non-hydrogen) atoms. The lowest BCUT2D eigenvalue weighted by Crippen LogP contribution is -2.39. The van der Waals surface area contributed by atoms with Crippen molar-refractivity contribution in [1.82, 2.24) is 5.43 Å². The molecule has 1 N–H and O–H groups in total. The summed E-state index contributed by atoms with van der Waals surface area (Å²) < 4.78 is 26.0. The highest BCUT2D eigenvalue weighted by molar-refractivity contribution is 7.92. The Morgan fingerprint density at radius 1 is 0.939 bits per heavy atom. The van der Waals surface area contributed by atoms with Crippen LogP contribution in [-0.4, -0.2) is 33.3 Å². The van der Waals surface area contributed by atoms with Crippen molar-refractivity contribution < 1.29 is 13.2 Å². The fraction of sp³-hybridized carbons (Fsp3) is 0.154. The largest absolute Gasteiger partial charge is 0.271 e. The maximum Gasteiger partial charge on any atom is 0.260 e. The lowest BCUT2D eigenvalue weighted by Gasteiger charge is -2.23. The van der Waals surface area contributed by atoms with Crippen LogP contribution in [0.2, 0.25) is 0 Å². The van der Waals surface area contributed by atoms with Crippen molar-refractivity contribution in [2.75, 3.05) is 17.1 Å². The fourth-order valence-electron chi connectivity index (χ4n) is 3.91. The van der Waals surface area contributed by atoms with Gasteiger partial charge in [-0.05, 0) is 58.7 Å². The molecule has 0 aliphatic carbocycles. The van der Waals surface area contributed by atoms with Crippen LogP contribution in [0.25, 0.3) is 21.5 Å². The number of amides is 1. The minimum Gasteiger partial charge on any atom is -0.271 e. The standard InChI is InChI=1S/C26H25N3O3S/c1-18-9-8-14-25(19(18)2)29(33(3,31)32)17-26(30)28-27-16-24-22-12-6-4-10-20(22)15-21-11-5-7-13-23(21)24/h4-16H,17H2,1-3H3,(H,28,30)/b27-16+. The first-order valence-electron chi connectivity index (χ1n) is 10.5. The third kappa shape index (κ3) is 4.73. The SMILES string of the molecule is Cc1cccc(N(CC(=O)N/N=C/c2c3ccccc3cc3ccccc23)S(C)(=O)=O)c1C. The van der Waals surface area contributed by atoms with Gasteiger partial charge in [0.2, 0.25) is 10.0 Å². The molecular formula is C26H25N3O3S. The van der Waals surface area contributed by atoms with Crippen molar-refractivity contribution >= 4 is 49.4 Å². The molecule has 0 spiro atoms. The lowest BCUT2D eigenvalue weighted by molar-refractivity contribution is -0.119. The van der Waals surface area contributed by atoms with Gasteiger partial charge in [0.1, 0.15) is 6.54 Å². The number of hydrazone groups is 1. The summed E-state index contributed by atoms with van der Waals surface area (Å²) in [7, 11) is -3.67. The molecule has 0 saturated carbocycles. The molecule has 0 aromatic heterocycles. The zero-order chi connectivity index (χ0) is 23.6. The van der Waals surface area contributed by atoms with Gasteiger partial charge in [-0.15, -0.1) is 0 Å². The van der Waals surface area contributed by atoms with Crippen LogP contribution in [0.5, 0.6) is 0 Å². The van der Waals surface area contributed by atoms with Crippen molar-refractivity contribution in [3.63, 3.8) is 0 Å². The van der Waals surface area contributed by atoms with Crippen molar-refractivity contribution in [2.24, 2.45) is 5.10 Å². The van der Waals surface area contributed by atoms with Crippen molar-refractivity contribution in [3.8, 4) is 0 Å². The number of anilines is 1. The molecule has 0 unspecified atom stereocenters. The van der Waals surface area contributed by atoms with Crippen LogP contribution in [0.1, 0.15) is 16.7 Å². The average molecular weight is 460 g/mol. The summed E-state index contributed by atoms with van der Waals surface area (Å²) in [4.78, 5) is 12.7. The van der Waals surface area contributed by atoms with Crippen molar-refractivity contribution in [3.05, 3.63) is 89.5 Å². The minimum atomic E-state index is -3.67. The van der Waals surface area contributed by atoms with Gasteiger partial charge in [0.05, 0.1) is 18.2 Å². The van der Waals surface area contributed by atoms with E-state index in [1.165, 1.54) is 0 Å². The summed E-state index contributed by atoms with van der Waals surface area (Å²) in [5.41, 5.74) is 5.62. The number of nitrogens with one attached hydrogen (secondary N) is 1. The Morgan fingerprint density at radius 2 is 1.55 bits per heavy atom. The van der Waals surface area contributed by atoms with Crippen LogP contribution in [-0.2, 0) is 14.8 Å². The molecular weight excluding hydrogens is 434 g/mol. The summed E-state index contributed by atoms with van der Waals surface area (Å²) in [6, 6.07) is 23.5. The molecule has 0 atom stereocenters. The number of aryl methyl sites for hydroxylation is 1. The first-order valence-corrected chi connectivity index (χ1v) is 12.4. The summed E-state index contributed by atoms with van der Waals surface area (Å²) >= 11 is 0. The molecule has 0 aliphatic rings. The van der Waals surface area contributed by atoms with Gasteiger partial charge < -0.3 is 0 Å². The maximum absolute atomic E-state index is 12.7. The smallest absolute Gasteiger partial charge is 0.260 e. The van der Waals surface area contributed by atoms with E-state index in [0.29, 0.717) is 5.69 Å². The average Bonchev–Trinajstić information content (AvgIpc) is 2.78. The molecule has 6 nitrogen and oxygen atoms in total. The third-order valence-electron chi connectivity index (χ3n) is 5.73. The van der Waals surface area contributed by atoms with E-state index in [0.717, 1.165) is 48.8 Å². The Bertz CT molecular complexity index is 1440. The molecule has 4 rings (SSSR count). The van der Waals surface area contributed by atoms with E-state index < -0.39 is 15.9 Å². The van der Waals surface area contributed by atoms with E-state index in [1.54, 1.807) is 18.3 Å². The summed E-state index contributed by atoms with van der Waals surface area (Å²) in [5.74, 6) is -0.526. The second-order valence-corrected chi connectivity index (χ2v) is 9.92. The molecule has 0 aliphatic heterocycles. The van der Waals surface area contributed by atoms with Crippen LogP contribution in [0.3, 0.4) is 0 Å². The second-order valence-electron chi connectivity index (χ2n) is 8.01. The molecule has 1 amide bonds. The van der Waals surface area contributed by atoms with Crippen LogP contribution in [0.15, 0.2) is 77.9 Å². The van der Waals surface area contributed by atoms with E-state index >= 15 is 0 Å². The van der Waals surface area contributed by atoms with E-state index in [4.69, 9.17) is 0 Å². The molecule has 0 bridgehead atoms. The van der Waals surface area contributed by atoms with E-state index in [-0.39, 0.29) is 6.54 Å². The number of sulfonamides is 1. The molecule has 0 saturated heterocycles. The third-order valence-corrected chi connectivity index (χ3v) is 6.85. The van der Waals surface area contributed by atoms with Gasteiger partial charge in [-0.2, -0.15) is 5.10 Å². The first kappa shape index (κ1) is 22.5. The van der Waals surface area contributed by atoms with Crippen molar-refractivity contribution in [1.29, 1.82) is 0 Å². The number of nitrogens with zero attached hydrogens (tertiary/aromatic N) is 2. The normalized spacial score (nSPS) is 11.8. The predicted octanol–water partition coefficient (Wildman–Crippen LogP) is 4.53. The Kier molecular flexibility index (Phi) is 6.16.